The maximum Gasteiger partial charge on any atom is 0.144 e. The number of aryl methyl sites for hydroxylation is 1. The average Bonchev–Trinajstić information content (AvgIpc) is 2.90. The summed E-state index contributed by atoms with van der Waals surface area (Å²) in [6.45, 7) is 3.43. The zero-order chi connectivity index (χ0) is 15.5. The fourth-order valence-corrected chi connectivity index (χ4v) is 3.01. The molecule has 0 amide bonds. The number of nitrogens with zero attached hydrogens (tertiary/aromatic N) is 5. The first kappa shape index (κ1) is 14.9. The van der Waals surface area contributed by atoms with Gasteiger partial charge in [0.15, 0.2) is 0 Å². The van der Waals surface area contributed by atoms with Gasteiger partial charge in [-0.2, -0.15) is 5.26 Å². The lowest BCUT2D eigenvalue weighted by Crippen LogP contribution is -2.47. The van der Waals surface area contributed by atoms with Gasteiger partial charge in [-0.05, 0) is 12.1 Å². The maximum atomic E-state index is 9.54. The van der Waals surface area contributed by atoms with Crippen molar-refractivity contribution in [2.24, 2.45) is 7.05 Å². The molecule has 0 radical (unpaired) electrons. The third-order valence-corrected chi connectivity index (χ3v) is 4.53. The Labute approximate surface area is 135 Å². The number of imidazole rings is 1. The van der Waals surface area contributed by atoms with E-state index < -0.39 is 0 Å². The van der Waals surface area contributed by atoms with Gasteiger partial charge in [0.1, 0.15) is 16.9 Å². The molecule has 1 fully saturated rings. The summed E-state index contributed by atoms with van der Waals surface area (Å²) in [5.41, 5.74) is 1.88. The Balaban J connectivity index is 1.70. The summed E-state index contributed by atoms with van der Waals surface area (Å²) < 4.78 is 1.74. The van der Waals surface area contributed by atoms with Crippen molar-refractivity contribution < 1.29 is 0 Å². The molecule has 0 N–H and O–H groups in total. The number of hydrogen-bond donors (Lipinski definition) is 0. The number of aromatic nitrogens is 2. The normalized spacial score (nSPS) is 17.2. The zero-order valence-electron chi connectivity index (χ0n) is 12.5. The standard InChI is InChI=1S/C16H18ClN5/c1-20-12-19-15(16(20)17)14(11-18)22-9-7-21(8-10-22)13-5-3-2-4-6-13/h2-6,12,14H,7-10H2,1H3. The highest BCUT2D eigenvalue weighted by atomic mass is 35.5. The molecule has 1 aromatic heterocycles. The lowest BCUT2D eigenvalue weighted by atomic mass is 10.1. The molecular formula is C16H18ClN5. The SMILES string of the molecule is Cn1cnc(C(C#N)N2CCN(c3ccccc3)CC2)c1Cl. The van der Waals surface area contributed by atoms with Crippen molar-refractivity contribution in [1.82, 2.24) is 14.5 Å². The second-order valence-corrected chi connectivity index (χ2v) is 5.78. The molecule has 1 aliphatic rings. The summed E-state index contributed by atoms with van der Waals surface area (Å²) in [7, 11) is 1.83. The minimum Gasteiger partial charge on any atom is -0.369 e. The van der Waals surface area contributed by atoms with E-state index in [1.165, 1.54) is 5.69 Å². The van der Waals surface area contributed by atoms with E-state index in [4.69, 9.17) is 11.6 Å². The molecule has 22 heavy (non-hydrogen) atoms. The molecule has 3 rings (SSSR count). The molecule has 0 saturated carbocycles. The van der Waals surface area contributed by atoms with E-state index in [0.717, 1.165) is 26.2 Å². The second-order valence-electron chi connectivity index (χ2n) is 5.42. The van der Waals surface area contributed by atoms with Crippen LogP contribution >= 0.6 is 11.6 Å². The summed E-state index contributed by atoms with van der Waals surface area (Å²) in [6.07, 6.45) is 1.65. The summed E-state index contributed by atoms with van der Waals surface area (Å²) >= 11 is 6.24. The molecule has 0 aliphatic carbocycles. The molecule has 1 atom stereocenters. The molecule has 114 valence electrons. The van der Waals surface area contributed by atoms with Crippen molar-refractivity contribution in [3.63, 3.8) is 0 Å². The fourth-order valence-electron chi connectivity index (χ4n) is 2.81. The highest BCUT2D eigenvalue weighted by Gasteiger charge is 2.28. The summed E-state index contributed by atoms with van der Waals surface area (Å²) in [5.74, 6) is 0. The van der Waals surface area contributed by atoms with Crippen molar-refractivity contribution in [2.45, 2.75) is 6.04 Å². The monoisotopic (exact) mass is 315 g/mol. The highest BCUT2D eigenvalue weighted by Crippen LogP contribution is 2.27. The first-order valence-corrected chi connectivity index (χ1v) is 7.69. The smallest absolute Gasteiger partial charge is 0.144 e. The van der Waals surface area contributed by atoms with Crippen LogP contribution in [0.5, 0.6) is 0 Å². The molecule has 1 unspecified atom stereocenters. The van der Waals surface area contributed by atoms with E-state index in [-0.39, 0.29) is 6.04 Å². The van der Waals surface area contributed by atoms with Crippen LogP contribution in [-0.2, 0) is 7.05 Å². The molecule has 2 heterocycles. The van der Waals surface area contributed by atoms with Crippen LogP contribution in [-0.4, -0.2) is 40.6 Å². The number of anilines is 1. The zero-order valence-corrected chi connectivity index (χ0v) is 13.2. The first-order valence-electron chi connectivity index (χ1n) is 7.31. The van der Waals surface area contributed by atoms with Crippen LogP contribution in [0.2, 0.25) is 5.15 Å². The van der Waals surface area contributed by atoms with Gasteiger partial charge in [-0.1, -0.05) is 29.8 Å². The van der Waals surface area contributed by atoms with E-state index in [1.807, 2.05) is 25.2 Å². The van der Waals surface area contributed by atoms with E-state index >= 15 is 0 Å². The number of halogens is 1. The lowest BCUT2D eigenvalue weighted by Gasteiger charge is -2.37. The lowest BCUT2D eigenvalue weighted by molar-refractivity contribution is 0.219. The number of hydrogen-bond acceptors (Lipinski definition) is 4. The van der Waals surface area contributed by atoms with E-state index in [0.29, 0.717) is 10.8 Å². The Morgan fingerprint density at radius 1 is 1.18 bits per heavy atom. The topological polar surface area (TPSA) is 48.1 Å². The predicted molar refractivity (Wildman–Crippen MR) is 86.8 cm³/mol. The van der Waals surface area contributed by atoms with Crippen LogP contribution in [0.1, 0.15) is 11.7 Å². The average molecular weight is 316 g/mol. The van der Waals surface area contributed by atoms with Gasteiger partial charge >= 0.3 is 0 Å². The van der Waals surface area contributed by atoms with E-state index in [2.05, 4.69) is 33.0 Å². The Hall–Kier alpha value is -2.03. The first-order chi connectivity index (χ1) is 10.7. The van der Waals surface area contributed by atoms with Gasteiger partial charge in [0.05, 0.1) is 12.4 Å². The molecule has 1 aliphatic heterocycles. The quantitative estimate of drug-likeness (QED) is 0.873. The van der Waals surface area contributed by atoms with Crippen LogP contribution in [0.25, 0.3) is 0 Å². The largest absolute Gasteiger partial charge is 0.369 e. The van der Waals surface area contributed by atoms with Crippen LogP contribution in [0, 0.1) is 11.3 Å². The number of nitriles is 1. The summed E-state index contributed by atoms with van der Waals surface area (Å²) in [4.78, 5) is 8.78. The molecule has 1 aromatic carbocycles. The molecule has 2 aromatic rings. The van der Waals surface area contributed by atoms with Crippen molar-refractivity contribution >= 4 is 17.3 Å². The fraction of sp³-hybridized carbons (Fsp3) is 0.375. The molecule has 1 saturated heterocycles. The number of rotatable bonds is 3. The molecule has 0 bridgehead atoms. The Bertz CT molecular complexity index is 668. The van der Waals surface area contributed by atoms with Gasteiger partial charge in [0.25, 0.3) is 0 Å². The molecule has 6 heteroatoms. The minimum absolute atomic E-state index is 0.383. The Morgan fingerprint density at radius 2 is 1.86 bits per heavy atom. The van der Waals surface area contributed by atoms with Gasteiger partial charge < -0.3 is 9.47 Å². The highest BCUT2D eigenvalue weighted by molar-refractivity contribution is 6.30. The van der Waals surface area contributed by atoms with E-state index in [1.54, 1.807) is 10.9 Å². The van der Waals surface area contributed by atoms with Crippen molar-refractivity contribution in [2.75, 3.05) is 31.1 Å². The number of piperazine rings is 1. The summed E-state index contributed by atoms with van der Waals surface area (Å²) in [5, 5.41) is 10.1. The molecule has 0 spiro atoms. The third-order valence-electron chi connectivity index (χ3n) is 4.07. The second kappa shape index (κ2) is 6.39. The Kier molecular flexibility index (Phi) is 4.32. The van der Waals surface area contributed by atoms with Crippen molar-refractivity contribution in [1.29, 1.82) is 5.26 Å². The van der Waals surface area contributed by atoms with E-state index in [9.17, 15) is 5.26 Å². The van der Waals surface area contributed by atoms with Crippen LogP contribution in [0.3, 0.4) is 0 Å². The van der Waals surface area contributed by atoms with Gasteiger partial charge in [0.2, 0.25) is 0 Å². The summed E-state index contributed by atoms with van der Waals surface area (Å²) in [6, 6.07) is 12.3. The molecule has 5 nitrogen and oxygen atoms in total. The van der Waals surface area contributed by atoms with Crippen LogP contribution in [0.4, 0.5) is 5.69 Å². The van der Waals surface area contributed by atoms with Crippen molar-refractivity contribution in [3.05, 3.63) is 47.5 Å². The number of benzene rings is 1. The van der Waals surface area contributed by atoms with Gasteiger partial charge in [-0.25, -0.2) is 4.98 Å². The molecular weight excluding hydrogens is 298 g/mol. The predicted octanol–water partition coefficient (Wildman–Crippen LogP) is 2.46. The third kappa shape index (κ3) is 2.80. The van der Waals surface area contributed by atoms with Gasteiger partial charge in [-0.3, -0.25) is 4.90 Å². The van der Waals surface area contributed by atoms with Crippen LogP contribution in [0.15, 0.2) is 36.7 Å². The van der Waals surface area contributed by atoms with Crippen molar-refractivity contribution in [3.8, 4) is 6.07 Å². The maximum absolute atomic E-state index is 9.54. The van der Waals surface area contributed by atoms with Gasteiger partial charge in [-0.15, -0.1) is 0 Å². The number of para-hydroxylation sites is 1. The minimum atomic E-state index is -0.383. The van der Waals surface area contributed by atoms with Gasteiger partial charge in [0, 0.05) is 38.9 Å². The Morgan fingerprint density at radius 3 is 2.41 bits per heavy atom. The van der Waals surface area contributed by atoms with Crippen LogP contribution < -0.4 is 4.90 Å².